The van der Waals surface area contributed by atoms with Gasteiger partial charge in [0.1, 0.15) is 11.2 Å². The van der Waals surface area contributed by atoms with Crippen LogP contribution in [-0.2, 0) is 18.9 Å². The number of carbonyl (C=O) groups excluding carboxylic acids is 1. The second-order valence-electron chi connectivity index (χ2n) is 9.11. The van der Waals surface area contributed by atoms with Crippen molar-refractivity contribution in [1.29, 1.82) is 0 Å². The van der Waals surface area contributed by atoms with Gasteiger partial charge in [0.05, 0.1) is 24.4 Å². The molecule has 4 rings (SSSR count). The van der Waals surface area contributed by atoms with E-state index in [1.54, 1.807) is 0 Å². The van der Waals surface area contributed by atoms with Gasteiger partial charge in [0, 0.05) is 11.8 Å². The van der Waals surface area contributed by atoms with Crippen LogP contribution in [0.3, 0.4) is 0 Å². The van der Waals surface area contributed by atoms with E-state index in [1.807, 2.05) is 27.7 Å². The molecule has 0 radical (unpaired) electrons. The first-order chi connectivity index (χ1) is 11.2. The monoisotopic (exact) mass is 338 g/mol. The highest BCUT2D eigenvalue weighted by Gasteiger charge is 2.51. The van der Waals surface area contributed by atoms with Gasteiger partial charge in [0.25, 0.3) is 0 Å². The van der Waals surface area contributed by atoms with Crippen molar-refractivity contribution in [3.05, 3.63) is 0 Å². The second kappa shape index (κ2) is 5.60. The van der Waals surface area contributed by atoms with Gasteiger partial charge < -0.3 is 18.9 Å². The highest BCUT2D eigenvalue weighted by Crippen LogP contribution is 2.46. The maximum Gasteiger partial charge on any atom is 0.509 e. The van der Waals surface area contributed by atoms with Crippen LogP contribution in [0, 0.1) is 11.8 Å². The summed E-state index contributed by atoms with van der Waals surface area (Å²) in [7, 11) is 0. The first kappa shape index (κ1) is 16.6. The average Bonchev–Trinajstić information content (AvgIpc) is 3.38. The van der Waals surface area contributed by atoms with Gasteiger partial charge in [-0.15, -0.1) is 0 Å². The van der Waals surface area contributed by atoms with Crippen LogP contribution in [0.4, 0.5) is 4.79 Å². The Morgan fingerprint density at radius 1 is 0.750 bits per heavy atom. The standard InChI is InChI=1S/C19H30O5/c1-18(2,11-5-7-13-15(9-11)21-13)23-17(20)24-19(3,4)12-6-8-14-16(10-12)22-14/h11-16H,5-10H2,1-4H3. The van der Waals surface area contributed by atoms with E-state index in [2.05, 4.69) is 0 Å². The molecule has 0 spiro atoms. The van der Waals surface area contributed by atoms with Crippen LogP contribution in [0.2, 0.25) is 0 Å². The average molecular weight is 338 g/mol. The Hall–Kier alpha value is -0.810. The molecule has 5 nitrogen and oxygen atoms in total. The molecule has 0 aromatic heterocycles. The number of rotatable bonds is 4. The van der Waals surface area contributed by atoms with Crippen LogP contribution in [0.1, 0.15) is 66.2 Å². The normalized spacial score (nSPS) is 41.0. The van der Waals surface area contributed by atoms with Crippen molar-refractivity contribution in [2.75, 3.05) is 0 Å². The lowest BCUT2D eigenvalue weighted by Gasteiger charge is -2.38. The molecule has 136 valence electrons. The zero-order valence-corrected chi connectivity index (χ0v) is 15.2. The Bertz CT molecular complexity index is 470. The minimum Gasteiger partial charge on any atom is -0.428 e. The first-order valence-electron chi connectivity index (χ1n) is 9.47. The molecule has 2 aliphatic carbocycles. The van der Waals surface area contributed by atoms with Gasteiger partial charge in [-0.1, -0.05) is 0 Å². The van der Waals surface area contributed by atoms with E-state index in [9.17, 15) is 4.79 Å². The maximum absolute atomic E-state index is 12.4. The summed E-state index contributed by atoms with van der Waals surface area (Å²) < 4.78 is 22.7. The van der Waals surface area contributed by atoms with Crippen LogP contribution >= 0.6 is 0 Å². The van der Waals surface area contributed by atoms with Crippen molar-refractivity contribution in [2.24, 2.45) is 11.8 Å². The van der Waals surface area contributed by atoms with Gasteiger partial charge in [-0.25, -0.2) is 4.79 Å². The Kier molecular flexibility index (Phi) is 3.88. The Balaban J connectivity index is 1.31. The summed E-state index contributed by atoms with van der Waals surface area (Å²) in [5, 5.41) is 0. The fraction of sp³-hybridized carbons (Fsp3) is 0.947. The van der Waals surface area contributed by atoms with Crippen LogP contribution in [0.15, 0.2) is 0 Å². The van der Waals surface area contributed by atoms with E-state index >= 15 is 0 Å². The Labute approximate surface area is 144 Å². The third kappa shape index (κ3) is 3.30. The number of ether oxygens (including phenoxy) is 4. The van der Waals surface area contributed by atoms with Crippen molar-refractivity contribution >= 4 is 6.16 Å². The number of hydrogen-bond donors (Lipinski definition) is 0. The quantitative estimate of drug-likeness (QED) is 0.576. The van der Waals surface area contributed by atoms with E-state index in [0.29, 0.717) is 36.3 Å². The van der Waals surface area contributed by atoms with Gasteiger partial charge in [-0.2, -0.15) is 0 Å². The molecule has 2 saturated heterocycles. The topological polar surface area (TPSA) is 60.6 Å². The molecular weight excluding hydrogens is 308 g/mol. The molecule has 4 aliphatic rings. The van der Waals surface area contributed by atoms with Crippen molar-refractivity contribution in [3.8, 4) is 0 Å². The summed E-state index contributed by atoms with van der Waals surface area (Å²) in [5.41, 5.74) is -1.03. The van der Waals surface area contributed by atoms with E-state index in [0.717, 1.165) is 38.5 Å². The lowest BCUT2D eigenvalue weighted by molar-refractivity contribution is -0.100. The van der Waals surface area contributed by atoms with E-state index < -0.39 is 17.4 Å². The van der Waals surface area contributed by atoms with Gasteiger partial charge >= 0.3 is 6.16 Å². The molecule has 4 fully saturated rings. The zero-order valence-electron chi connectivity index (χ0n) is 15.2. The second-order valence-corrected chi connectivity index (χ2v) is 9.11. The zero-order chi connectivity index (χ0) is 17.1. The van der Waals surface area contributed by atoms with Crippen LogP contribution < -0.4 is 0 Å². The highest BCUT2D eigenvalue weighted by molar-refractivity contribution is 5.61. The molecule has 0 aromatic rings. The number of epoxide rings is 2. The summed E-state index contributed by atoms with van der Waals surface area (Å²) >= 11 is 0. The Morgan fingerprint density at radius 2 is 1.17 bits per heavy atom. The number of carbonyl (C=O) groups is 1. The van der Waals surface area contributed by atoms with Crippen LogP contribution in [0.5, 0.6) is 0 Å². The third-order valence-corrected chi connectivity index (χ3v) is 6.67. The predicted octanol–water partition coefficient (Wildman–Crippen LogP) is 3.83. The first-order valence-corrected chi connectivity index (χ1v) is 9.47. The van der Waals surface area contributed by atoms with E-state index in [1.165, 1.54) is 0 Å². The van der Waals surface area contributed by atoms with Gasteiger partial charge in [-0.3, -0.25) is 0 Å². The maximum atomic E-state index is 12.4. The minimum atomic E-state index is -0.539. The molecule has 2 aliphatic heterocycles. The fourth-order valence-electron chi connectivity index (χ4n) is 4.69. The number of fused-ring (bicyclic) bond motifs is 2. The van der Waals surface area contributed by atoms with Crippen LogP contribution in [-0.4, -0.2) is 41.8 Å². The smallest absolute Gasteiger partial charge is 0.428 e. The van der Waals surface area contributed by atoms with Crippen molar-refractivity contribution in [2.45, 2.75) is 102 Å². The largest absolute Gasteiger partial charge is 0.509 e. The van der Waals surface area contributed by atoms with Gasteiger partial charge in [0.2, 0.25) is 0 Å². The molecular formula is C19H30O5. The molecule has 2 heterocycles. The summed E-state index contributed by atoms with van der Waals surface area (Å²) in [4.78, 5) is 12.4. The Morgan fingerprint density at radius 3 is 1.54 bits per heavy atom. The number of hydrogen-bond acceptors (Lipinski definition) is 5. The molecule has 24 heavy (non-hydrogen) atoms. The lowest BCUT2D eigenvalue weighted by Crippen LogP contribution is -2.43. The molecule has 0 amide bonds. The SMILES string of the molecule is CC(C)(OC(=O)OC(C)(C)C1CCC2OC2C1)C1CCC2OC2C1. The van der Waals surface area contributed by atoms with Gasteiger partial charge in [-0.05, 0) is 66.2 Å². The summed E-state index contributed by atoms with van der Waals surface area (Å²) in [5.74, 6) is 0.680. The summed E-state index contributed by atoms with van der Waals surface area (Å²) in [6.45, 7) is 7.99. The van der Waals surface area contributed by atoms with E-state index in [4.69, 9.17) is 18.9 Å². The van der Waals surface area contributed by atoms with Crippen molar-refractivity contribution < 1.29 is 23.7 Å². The van der Waals surface area contributed by atoms with E-state index in [-0.39, 0.29) is 0 Å². The molecule has 2 saturated carbocycles. The minimum absolute atomic E-state index is 0.340. The van der Waals surface area contributed by atoms with Gasteiger partial charge in [0.15, 0.2) is 0 Å². The summed E-state index contributed by atoms with van der Waals surface area (Å²) in [6, 6.07) is 0. The highest BCUT2D eigenvalue weighted by atomic mass is 16.7. The van der Waals surface area contributed by atoms with Crippen molar-refractivity contribution in [1.82, 2.24) is 0 Å². The molecule has 6 atom stereocenters. The molecule has 5 heteroatoms. The van der Waals surface area contributed by atoms with Crippen molar-refractivity contribution in [3.63, 3.8) is 0 Å². The summed E-state index contributed by atoms with van der Waals surface area (Å²) in [6.07, 6.45) is 7.37. The predicted molar refractivity (Wildman–Crippen MR) is 87.7 cm³/mol. The molecule has 6 unspecified atom stereocenters. The molecule has 0 aromatic carbocycles. The van der Waals surface area contributed by atoms with Crippen LogP contribution in [0.25, 0.3) is 0 Å². The fourth-order valence-corrected chi connectivity index (χ4v) is 4.69. The molecule has 0 bridgehead atoms. The lowest BCUT2D eigenvalue weighted by atomic mass is 9.78. The molecule has 0 N–H and O–H groups in total. The third-order valence-electron chi connectivity index (χ3n) is 6.67.